The lowest BCUT2D eigenvalue weighted by Crippen LogP contribution is -2.33. The largest absolute Gasteiger partial charge is 0.505 e. The van der Waals surface area contributed by atoms with Crippen LogP contribution >= 0.6 is 0 Å². The van der Waals surface area contributed by atoms with Gasteiger partial charge in [0, 0.05) is 5.92 Å². The van der Waals surface area contributed by atoms with Gasteiger partial charge in [-0.05, 0) is 42.9 Å². The molecule has 0 aliphatic rings. The second kappa shape index (κ2) is 10.4. The first-order valence-electron chi connectivity index (χ1n) is 8.96. The maximum Gasteiger partial charge on any atom is 0.165 e. The summed E-state index contributed by atoms with van der Waals surface area (Å²) in [6.45, 7) is 9.63. The van der Waals surface area contributed by atoms with Crippen LogP contribution in [0.1, 0.15) is 52.0 Å². The molecule has 0 saturated carbocycles. The topological polar surface area (TPSA) is 60.7 Å². The Kier molecular flexibility index (Phi) is 8.87. The third-order valence-corrected chi connectivity index (χ3v) is 4.47. The maximum absolute atomic E-state index is 13.5. The van der Waals surface area contributed by atoms with Crippen molar-refractivity contribution in [2.45, 2.75) is 58.7 Å². The predicted octanol–water partition coefficient (Wildman–Crippen LogP) is 4.68. The highest BCUT2D eigenvalue weighted by Crippen LogP contribution is 2.25. The van der Waals surface area contributed by atoms with Gasteiger partial charge in [-0.2, -0.15) is 0 Å². The molecular weight excluding hydrogens is 319 g/mol. The first-order valence-corrected chi connectivity index (χ1v) is 8.96. The third kappa shape index (κ3) is 6.63. The summed E-state index contributed by atoms with van der Waals surface area (Å²) in [6.07, 6.45) is 5.18. The Morgan fingerprint density at radius 1 is 1.24 bits per heavy atom. The minimum absolute atomic E-state index is 0.0447. The van der Waals surface area contributed by atoms with E-state index in [-0.39, 0.29) is 17.6 Å². The molecule has 0 saturated heterocycles. The fourth-order valence-corrected chi connectivity index (χ4v) is 2.93. The van der Waals surface area contributed by atoms with Gasteiger partial charge in [0.2, 0.25) is 0 Å². The van der Waals surface area contributed by atoms with Crippen molar-refractivity contribution in [2.24, 2.45) is 11.8 Å². The fraction of sp³-hybridized carbons (Fsp3) is 0.524. The zero-order valence-corrected chi connectivity index (χ0v) is 15.5. The van der Waals surface area contributed by atoms with Crippen LogP contribution in [0.3, 0.4) is 0 Å². The number of phenolic OH excluding ortho intramolecular Hbond substituents is 1. The van der Waals surface area contributed by atoms with Crippen LogP contribution in [-0.2, 0) is 0 Å². The summed E-state index contributed by atoms with van der Waals surface area (Å²) in [5.41, 5.74) is 1.80. The molecule has 1 rings (SSSR count). The molecule has 0 spiro atoms. The molecule has 0 bridgehead atoms. The van der Waals surface area contributed by atoms with Crippen molar-refractivity contribution in [3.8, 4) is 5.75 Å². The number of hydrogen-bond donors (Lipinski definition) is 3. The summed E-state index contributed by atoms with van der Waals surface area (Å²) in [6, 6.07) is 4.31. The van der Waals surface area contributed by atoms with Crippen LogP contribution in [0.2, 0.25) is 0 Å². The Bertz CT molecular complexity index is 581. The smallest absolute Gasteiger partial charge is 0.165 e. The van der Waals surface area contributed by atoms with Crippen molar-refractivity contribution in [3.05, 3.63) is 47.8 Å². The number of hydrogen-bond acceptors (Lipinski definition) is 3. The van der Waals surface area contributed by atoms with E-state index in [1.54, 1.807) is 12.1 Å². The lowest BCUT2D eigenvalue weighted by Gasteiger charge is -2.27. The Labute approximate surface area is 150 Å². The molecule has 3 nitrogen and oxygen atoms in total. The van der Waals surface area contributed by atoms with Crippen molar-refractivity contribution >= 4 is 6.08 Å². The van der Waals surface area contributed by atoms with Gasteiger partial charge in [0.15, 0.2) is 11.6 Å². The van der Waals surface area contributed by atoms with Crippen LogP contribution in [0.15, 0.2) is 36.4 Å². The van der Waals surface area contributed by atoms with Gasteiger partial charge in [-0.25, -0.2) is 4.39 Å². The van der Waals surface area contributed by atoms with Crippen LogP contribution in [0.25, 0.3) is 6.08 Å². The molecule has 0 radical (unpaired) electrons. The molecule has 140 valence electrons. The van der Waals surface area contributed by atoms with E-state index in [4.69, 9.17) is 0 Å². The van der Waals surface area contributed by atoms with Gasteiger partial charge in [-0.15, -0.1) is 6.58 Å². The minimum atomic E-state index is -0.674. The van der Waals surface area contributed by atoms with E-state index in [9.17, 15) is 19.7 Å². The Hall–Kier alpha value is -1.65. The average molecular weight is 350 g/mol. The van der Waals surface area contributed by atoms with E-state index in [1.165, 1.54) is 12.1 Å². The summed E-state index contributed by atoms with van der Waals surface area (Å²) in [5, 5.41) is 29.9. The molecule has 4 heteroatoms. The van der Waals surface area contributed by atoms with Crippen molar-refractivity contribution < 1.29 is 19.7 Å². The van der Waals surface area contributed by atoms with Gasteiger partial charge in [0.25, 0.3) is 0 Å². The first-order chi connectivity index (χ1) is 11.8. The number of aliphatic hydroxyl groups excluding tert-OH is 2. The van der Waals surface area contributed by atoms with Gasteiger partial charge in [0.05, 0.1) is 12.2 Å². The van der Waals surface area contributed by atoms with E-state index < -0.39 is 18.0 Å². The Morgan fingerprint density at radius 3 is 2.44 bits per heavy atom. The molecule has 1 aromatic carbocycles. The van der Waals surface area contributed by atoms with Crippen molar-refractivity contribution in [1.29, 1.82) is 0 Å². The number of phenols is 1. The lowest BCUT2D eigenvalue weighted by atomic mass is 9.86. The highest BCUT2D eigenvalue weighted by molar-refractivity contribution is 5.54. The van der Waals surface area contributed by atoms with E-state index in [0.29, 0.717) is 18.4 Å². The van der Waals surface area contributed by atoms with Gasteiger partial charge in [0.1, 0.15) is 0 Å². The Balaban J connectivity index is 2.81. The number of halogens is 1. The highest BCUT2D eigenvalue weighted by Gasteiger charge is 2.26. The molecule has 0 fully saturated rings. The molecular formula is C21H31FO3. The molecule has 0 heterocycles. The molecule has 0 aliphatic heterocycles. The Morgan fingerprint density at radius 2 is 1.92 bits per heavy atom. The average Bonchev–Trinajstić information content (AvgIpc) is 2.56. The molecule has 1 aromatic rings. The number of aliphatic hydroxyl groups is 2. The van der Waals surface area contributed by atoms with Crippen LogP contribution < -0.4 is 0 Å². The number of rotatable bonds is 10. The molecule has 0 aliphatic carbocycles. The molecule has 3 N–H and O–H groups in total. The van der Waals surface area contributed by atoms with E-state index in [2.05, 4.69) is 13.5 Å². The summed E-state index contributed by atoms with van der Waals surface area (Å²) in [7, 11) is 0. The summed E-state index contributed by atoms with van der Waals surface area (Å²) in [4.78, 5) is 0. The SMILES string of the molecule is C=C[C@H]([C@H](O)CC/C(=C/c1ccc(O)c(F)c1)CCC)[C@H](O)C(C)C. The second-order valence-electron chi connectivity index (χ2n) is 6.92. The van der Waals surface area contributed by atoms with Gasteiger partial charge in [-0.1, -0.05) is 51.0 Å². The lowest BCUT2D eigenvalue weighted by molar-refractivity contribution is 0.00883. The quantitative estimate of drug-likeness (QED) is 0.537. The number of aromatic hydroxyl groups is 1. The molecule has 0 aromatic heterocycles. The van der Waals surface area contributed by atoms with E-state index >= 15 is 0 Å². The monoisotopic (exact) mass is 350 g/mol. The molecule has 25 heavy (non-hydrogen) atoms. The number of benzene rings is 1. The van der Waals surface area contributed by atoms with Crippen LogP contribution in [-0.4, -0.2) is 27.5 Å². The third-order valence-electron chi connectivity index (χ3n) is 4.47. The van der Waals surface area contributed by atoms with Gasteiger partial charge < -0.3 is 15.3 Å². The fourth-order valence-electron chi connectivity index (χ4n) is 2.93. The second-order valence-corrected chi connectivity index (χ2v) is 6.92. The first kappa shape index (κ1) is 21.4. The van der Waals surface area contributed by atoms with Crippen LogP contribution in [0, 0.1) is 17.7 Å². The standard InChI is InChI=1S/C21H31FO3/c1-5-7-15(12-16-9-11-20(24)18(22)13-16)8-10-19(23)17(6-2)21(25)14(3)4/h6,9,11-14,17,19,21,23-25H,2,5,7-8,10H2,1,3-4H3/b15-12+/t17-,19-,21-/m1/s1. The molecule has 0 amide bonds. The summed E-state index contributed by atoms with van der Waals surface area (Å²) in [5.74, 6) is -1.32. The van der Waals surface area contributed by atoms with Crippen LogP contribution in [0.4, 0.5) is 4.39 Å². The zero-order valence-electron chi connectivity index (χ0n) is 15.5. The number of allylic oxidation sites excluding steroid dienone is 1. The molecule has 0 unspecified atom stereocenters. The summed E-state index contributed by atoms with van der Waals surface area (Å²) < 4.78 is 13.5. The van der Waals surface area contributed by atoms with Crippen molar-refractivity contribution in [3.63, 3.8) is 0 Å². The highest BCUT2D eigenvalue weighted by atomic mass is 19.1. The van der Waals surface area contributed by atoms with Gasteiger partial charge >= 0.3 is 0 Å². The molecule has 3 atom stereocenters. The van der Waals surface area contributed by atoms with E-state index in [0.717, 1.165) is 18.4 Å². The van der Waals surface area contributed by atoms with Gasteiger partial charge in [-0.3, -0.25) is 0 Å². The van der Waals surface area contributed by atoms with Crippen molar-refractivity contribution in [2.75, 3.05) is 0 Å². The van der Waals surface area contributed by atoms with E-state index in [1.807, 2.05) is 19.9 Å². The normalized spacial score (nSPS) is 15.9. The van der Waals surface area contributed by atoms with Crippen molar-refractivity contribution in [1.82, 2.24) is 0 Å². The zero-order chi connectivity index (χ0) is 19.0. The maximum atomic E-state index is 13.5. The van der Waals surface area contributed by atoms with Crippen LogP contribution in [0.5, 0.6) is 5.75 Å². The summed E-state index contributed by atoms with van der Waals surface area (Å²) >= 11 is 0. The predicted molar refractivity (Wildman–Crippen MR) is 101 cm³/mol. The minimum Gasteiger partial charge on any atom is -0.505 e.